The van der Waals surface area contributed by atoms with E-state index in [1.807, 2.05) is 46.9 Å². The Morgan fingerprint density at radius 2 is 1.85 bits per heavy atom. The number of esters is 1. The second kappa shape index (κ2) is 6.39. The summed E-state index contributed by atoms with van der Waals surface area (Å²) < 4.78 is 5.36. The van der Waals surface area contributed by atoms with Crippen LogP contribution in [0.15, 0.2) is 10.8 Å². The van der Waals surface area contributed by atoms with E-state index in [2.05, 4.69) is 5.32 Å². The first-order chi connectivity index (χ1) is 9.11. The molecule has 112 valence electrons. The van der Waals surface area contributed by atoms with Gasteiger partial charge >= 0.3 is 5.97 Å². The van der Waals surface area contributed by atoms with Crippen molar-refractivity contribution >= 4 is 23.2 Å². The van der Waals surface area contributed by atoms with Crippen LogP contribution in [0.3, 0.4) is 0 Å². The van der Waals surface area contributed by atoms with Crippen molar-refractivity contribution in [3.8, 4) is 0 Å². The number of ether oxygens (including phenoxy) is 1. The summed E-state index contributed by atoms with van der Waals surface area (Å²) in [7, 11) is 0. The van der Waals surface area contributed by atoms with Gasteiger partial charge in [-0.3, -0.25) is 4.79 Å². The Morgan fingerprint density at radius 3 is 2.25 bits per heavy atom. The third-order valence-corrected chi connectivity index (χ3v) is 3.58. The lowest BCUT2D eigenvalue weighted by molar-refractivity contribution is -0.158. The molecule has 0 saturated heterocycles. The summed E-state index contributed by atoms with van der Waals surface area (Å²) in [6.07, 6.45) is 0. The topological polar surface area (TPSA) is 55.4 Å². The zero-order valence-corrected chi connectivity index (χ0v) is 13.8. The van der Waals surface area contributed by atoms with Crippen LogP contribution in [-0.4, -0.2) is 23.5 Å². The van der Waals surface area contributed by atoms with Crippen LogP contribution < -0.4 is 5.32 Å². The van der Waals surface area contributed by atoms with Crippen molar-refractivity contribution in [2.24, 2.45) is 5.92 Å². The minimum atomic E-state index is -0.638. The number of carbonyl (C=O) groups excluding carboxylic acids is 2. The molecule has 1 heterocycles. The minimum Gasteiger partial charge on any atom is -0.458 e. The highest BCUT2D eigenvalue weighted by Gasteiger charge is 2.29. The highest BCUT2D eigenvalue weighted by Crippen LogP contribution is 2.16. The maximum absolute atomic E-state index is 12.2. The number of amides is 1. The number of thiophene rings is 1. The molecule has 0 unspecified atom stereocenters. The second-order valence-electron chi connectivity index (χ2n) is 6.20. The van der Waals surface area contributed by atoms with Gasteiger partial charge in [0, 0.05) is 5.38 Å². The molecule has 1 aromatic heterocycles. The number of hydrogen-bond donors (Lipinski definition) is 1. The number of nitrogens with one attached hydrogen (secondary N) is 1. The average molecular weight is 297 g/mol. The van der Waals surface area contributed by atoms with Crippen LogP contribution in [0.5, 0.6) is 0 Å². The molecule has 4 nitrogen and oxygen atoms in total. The van der Waals surface area contributed by atoms with E-state index < -0.39 is 17.6 Å². The molecule has 1 amide bonds. The molecule has 0 saturated carbocycles. The van der Waals surface area contributed by atoms with Crippen molar-refractivity contribution in [2.45, 2.75) is 53.2 Å². The Bertz CT molecular complexity index is 486. The third kappa shape index (κ3) is 4.63. The summed E-state index contributed by atoms with van der Waals surface area (Å²) in [5.41, 5.74) is 0.969. The molecule has 0 spiro atoms. The summed E-state index contributed by atoms with van der Waals surface area (Å²) in [5.74, 6) is -0.658. The summed E-state index contributed by atoms with van der Waals surface area (Å²) in [5, 5.41) is 6.47. The molecule has 20 heavy (non-hydrogen) atoms. The zero-order chi connectivity index (χ0) is 15.5. The van der Waals surface area contributed by atoms with Gasteiger partial charge in [0.15, 0.2) is 0 Å². The standard InChI is InChI=1S/C15H23NO3S/c1-9(2)12(14(18)19-15(4,5)6)16-13(17)11-8-20-7-10(11)3/h7-9,12H,1-6H3,(H,16,17)/t12-/m0/s1. The molecule has 0 aliphatic heterocycles. The lowest BCUT2D eigenvalue weighted by atomic mass is 10.0. The molecule has 0 aromatic carbocycles. The predicted molar refractivity (Wildman–Crippen MR) is 81.0 cm³/mol. The summed E-state index contributed by atoms with van der Waals surface area (Å²) in [6, 6.07) is -0.638. The third-order valence-electron chi connectivity index (χ3n) is 2.71. The van der Waals surface area contributed by atoms with Gasteiger partial charge < -0.3 is 10.1 Å². The van der Waals surface area contributed by atoms with Gasteiger partial charge in [0.05, 0.1) is 5.56 Å². The van der Waals surface area contributed by atoms with Crippen molar-refractivity contribution in [1.29, 1.82) is 0 Å². The van der Waals surface area contributed by atoms with Crippen molar-refractivity contribution in [1.82, 2.24) is 5.32 Å². The van der Waals surface area contributed by atoms with Crippen molar-refractivity contribution < 1.29 is 14.3 Å². The number of carbonyl (C=O) groups is 2. The van der Waals surface area contributed by atoms with E-state index in [1.165, 1.54) is 11.3 Å². The Labute approximate surface area is 124 Å². The quantitative estimate of drug-likeness (QED) is 0.869. The Kier molecular flexibility index (Phi) is 5.34. The van der Waals surface area contributed by atoms with E-state index in [1.54, 1.807) is 5.38 Å². The van der Waals surface area contributed by atoms with Crippen molar-refractivity contribution in [2.75, 3.05) is 0 Å². The van der Waals surface area contributed by atoms with E-state index in [0.717, 1.165) is 5.56 Å². The number of rotatable bonds is 4. The Balaban J connectivity index is 2.81. The first kappa shape index (κ1) is 16.7. The SMILES string of the molecule is Cc1cscc1C(=O)N[C@H](C(=O)OC(C)(C)C)C(C)C. The van der Waals surface area contributed by atoms with Gasteiger partial charge in [0.1, 0.15) is 11.6 Å². The number of aryl methyl sites for hydroxylation is 1. The maximum Gasteiger partial charge on any atom is 0.329 e. The molecular formula is C15H23NO3S. The van der Waals surface area contributed by atoms with Gasteiger partial charge in [0.25, 0.3) is 5.91 Å². The summed E-state index contributed by atoms with van der Waals surface area (Å²) >= 11 is 1.47. The van der Waals surface area contributed by atoms with Crippen LogP contribution in [0, 0.1) is 12.8 Å². The predicted octanol–water partition coefficient (Wildman–Crippen LogP) is 3.15. The highest BCUT2D eigenvalue weighted by molar-refractivity contribution is 7.08. The molecular weight excluding hydrogens is 274 g/mol. The number of hydrogen-bond acceptors (Lipinski definition) is 4. The molecule has 1 rings (SSSR count). The maximum atomic E-state index is 12.2. The second-order valence-corrected chi connectivity index (χ2v) is 6.94. The first-order valence-corrected chi connectivity index (χ1v) is 7.62. The fourth-order valence-corrected chi connectivity index (χ4v) is 2.50. The van der Waals surface area contributed by atoms with E-state index in [0.29, 0.717) is 5.56 Å². The molecule has 5 heteroatoms. The Hall–Kier alpha value is -1.36. The van der Waals surface area contributed by atoms with Gasteiger partial charge in [-0.05, 0) is 44.6 Å². The van der Waals surface area contributed by atoms with E-state index in [4.69, 9.17) is 4.74 Å². The smallest absolute Gasteiger partial charge is 0.329 e. The van der Waals surface area contributed by atoms with Crippen LogP contribution in [0.25, 0.3) is 0 Å². The molecule has 1 aromatic rings. The molecule has 1 atom stereocenters. The van der Waals surface area contributed by atoms with Crippen LogP contribution in [0.4, 0.5) is 0 Å². The van der Waals surface area contributed by atoms with E-state index in [9.17, 15) is 9.59 Å². The van der Waals surface area contributed by atoms with Crippen molar-refractivity contribution in [3.63, 3.8) is 0 Å². The normalized spacial score (nSPS) is 13.2. The van der Waals surface area contributed by atoms with Gasteiger partial charge in [0.2, 0.25) is 0 Å². The van der Waals surface area contributed by atoms with Gasteiger partial charge in [-0.1, -0.05) is 13.8 Å². The van der Waals surface area contributed by atoms with Gasteiger partial charge in [-0.15, -0.1) is 0 Å². The van der Waals surface area contributed by atoms with Crippen LogP contribution in [0.1, 0.15) is 50.5 Å². The van der Waals surface area contributed by atoms with E-state index in [-0.39, 0.29) is 11.8 Å². The summed E-state index contributed by atoms with van der Waals surface area (Å²) in [6.45, 7) is 11.1. The molecule has 0 aliphatic rings. The average Bonchev–Trinajstić information content (AvgIpc) is 2.69. The Morgan fingerprint density at radius 1 is 1.25 bits per heavy atom. The molecule has 0 aliphatic carbocycles. The fraction of sp³-hybridized carbons (Fsp3) is 0.600. The monoisotopic (exact) mass is 297 g/mol. The zero-order valence-electron chi connectivity index (χ0n) is 12.9. The minimum absolute atomic E-state index is 0.0345. The van der Waals surface area contributed by atoms with Gasteiger partial charge in [-0.25, -0.2) is 4.79 Å². The van der Waals surface area contributed by atoms with Crippen LogP contribution >= 0.6 is 11.3 Å². The highest BCUT2D eigenvalue weighted by atomic mass is 32.1. The first-order valence-electron chi connectivity index (χ1n) is 6.68. The van der Waals surface area contributed by atoms with E-state index >= 15 is 0 Å². The lowest BCUT2D eigenvalue weighted by Crippen LogP contribution is -2.47. The lowest BCUT2D eigenvalue weighted by Gasteiger charge is -2.26. The summed E-state index contributed by atoms with van der Waals surface area (Å²) in [4.78, 5) is 24.4. The molecule has 0 bridgehead atoms. The largest absolute Gasteiger partial charge is 0.458 e. The van der Waals surface area contributed by atoms with Crippen LogP contribution in [0.2, 0.25) is 0 Å². The van der Waals surface area contributed by atoms with Gasteiger partial charge in [-0.2, -0.15) is 11.3 Å². The molecule has 0 fully saturated rings. The fourth-order valence-electron chi connectivity index (χ4n) is 1.68. The van der Waals surface area contributed by atoms with Crippen LogP contribution in [-0.2, 0) is 9.53 Å². The molecule has 1 N–H and O–H groups in total. The van der Waals surface area contributed by atoms with Crippen molar-refractivity contribution in [3.05, 3.63) is 21.9 Å². The molecule has 0 radical (unpaired) electrons.